The molecule has 2 unspecified atom stereocenters. The van der Waals surface area contributed by atoms with E-state index in [0.717, 1.165) is 0 Å². The predicted molar refractivity (Wildman–Crippen MR) is 141 cm³/mol. The summed E-state index contributed by atoms with van der Waals surface area (Å²) in [5, 5.41) is 7.10. The van der Waals surface area contributed by atoms with Gasteiger partial charge in [0.1, 0.15) is 36.9 Å². The predicted octanol–water partition coefficient (Wildman–Crippen LogP) is 4.27. The van der Waals surface area contributed by atoms with Crippen molar-refractivity contribution in [3.05, 3.63) is 72.3 Å². The van der Waals surface area contributed by atoms with Crippen LogP contribution in [-0.4, -0.2) is 79.3 Å². The van der Waals surface area contributed by atoms with Crippen LogP contribution in [0.3, 0.4) is 0 Å². The van der Waals surface area contributed by atoms with Gasteiger partial charge in [-0.25, -0.2) is 33.2 Å². The number of nitrogens with one attached hydrogen (secondary N) is 1. The molecule has 4 aromatic rings. The summed E-state index contributed by atoms with van der Waals surface area (Å²) in [5.41, 5.74) is -0.000759. The minimum atomic E-state index is -3.28. The van der Waals surface area contributed by atoms with Gasteiger partial charge in [0.15, 0.2) is 11.4 Å². The molecule has 3 atom stereocenters. The van der Waals surface area contributed by atoms with E-state index in [0.29, 0.717) is 34.9 Å². The highest BCUT2D eigenvalue weighted by atomic mass is 19.3. The van der Waals surface area contributed by atoms with Gasteiger partial charge >= 0.3 is 6.61 Å². The average Bonchev–Trinajstić information content (AvgIpc) is 3.41. The second kappa shape index (κ2) is 10.9. The van der Waals surface area contributed by atoms with Crippen LogP contribution < -0.4 is 10.1 Å². The van der Waals surface area contributed by atoms with Crippen molar-refractivity contribution >= 4 is 17.4 Å². The van der Waals surface area contributed by atoms with Crippen LogP contribution in [-0.2, 0) is 15.2 Å². The molecule has 2 aliphatic rings. The van der Waals surface area contributed by atoms with E-state index in [1.807, 2.05) is 0 Å². The maximum Gasteiger partial charge on any atom is 0.346 e. The van der Waals surface area contributed by atoms with Crippen molar-refractivity contribution in [3.63, 3.8) is 0 Å². The Morgan fingerprint density at radius 2 is 1.98 bits per heavy atom. The molecule has 42 heavy (non-hydrogen) atoms. The Bertz CT molecular complexity index is 1620. The fourth-order valence-corrected chi connectivity index (χ4v) is 5.17. The number of rotatable bonds is 8. The minimum absolute atomic E-state index is 0.0454. The van der Waals surface area contributed by atoms with Gasteiger partial charge in [0, 0.05) is 24.5 Å². The molecule has 0 spiro atoms. The van der Waals surface area contributed by atoms with E-state index in [1.54, 1.807) is 38.2 Å². The van der Waals surface area contributed by atoms with Crippen molar-refractivity contribution < 1.29 is 31.8 Å². The maximum absolute atomic E-state index is 15.3. The van der Waals surface area contributed by atoms with E-state index in [2.05, 4.69) is 30.4 Å². The first-order valence-electron chi connectivity index (χ1n) is 13.0. The van der Waals surface area contributed by atoms with Gasteiger partial charge in [-0.2, -0.15) is 13.9 Å². The summed E-state index contributed by atoms with van der Waals surface area (Å²) in [6.07, 6.45) is 5.09. The number of benzene rings is 1. The van der Waals surface area contributed by atoms with Gasteiger partial charge < -0.3 is 24.4 Å². The molecule has 1 saturated heterocycles. The van der Waals surface area contributed by atoms with Crippen molar-refractivity contribution in [2.24, 2.45) is 0 Å². The molecule has 3 aromatic heterocycles. The molecule has 4 heterocycles. The van der Waals surface area contributed by atoms with Crippen molar-refractivity contribution in [2.75, 3.05) is 25.5 Å². The molecule has 1 aliphatic carbocycles. The Hall–Kier alpha value is -4.21. The van der Waals surface area contributed by atoms with Gasteiger partial charge in [-0.3, -0.25) is 0 Å². The van der Waals surface area contributed by atoms with Crippen LogP contribution in [0.1, 0.15) is 23.2 Å². The molecule has 0 amide bonds. The summed E-state index contributed by atoms with van der Waals surface area (Å²) >= 11 is 0. The van der Waals surface area contributed by atoms with Gasteiger partial charge in [-0.05, 0) is 56.3 Å². The number of alkyl halides is 4. The number of fused-ring (bicyclic) bond motifs is 2. The molecule has 1 aromatic carbocycles. The molecule has 1 aliphatic heterocycles. The van der Waals surface area contributed by atoms with E-state index in [-0.39, 0.29) is 17.9 Å². The molecule has 6 rings (SSSR count). The van der Waals surface area contributed by atoms with Crippen LogP contribution in [0.4, 0.5) is 23.2 Å². The number of aromatic nitrogens is 6. The SMILES string of the molecule is Cc1cc(N[C@]2(OC3CCN(C)CC3(F)F)c3cncnc3C=CC2OC(F)F)ccc1Oc1cc2ncnn2cn1. The molecule has 11 nitrogen and oxygen atoms in total. The average molecular weight is 587 g/mol. The Labute approximate surface area is 237 Å². The van der Waals surface area contributed by atoms with Crippen LogP contribution in [0.25, 0.3) is 11.7 Å². The lowest BCUT2D eigenvalue weighted by atomic mass is 9.89. The van der Waals surface area contributed by atoms with Crippen LogP contribution in [0.2, 0.25) is 0 Å². The fourth-order valence-electron chi connectivity index (χ4n) is 5.17. The van der Waals surface area contributed by atoms with Crippen molar-refractivity contribution in [1.29, 1.82) is 0 Å². The number of aryl methyl sites for hydroxylation is 1. The van der Waals surface area contributed by atoms with Crippen LogP contribution in [0, 0.1) is 6.92 Å². The topological polar surface area (TPSA) is 112 Å². The van der Waals surface area contributed by atoms with E-state index >= 15 is 8.78 Å². The van der Waals surface area contributed by atoms with E-state index in [1.165, 1.54) is 46.7 Å². The van der Waals surface area contributed by atoms with Crippen molar-refractivity contribution in [3.8, 4) is 11.6 Å². The minimum Gasteiger partial charge on any atom is -0.439 e. The van der Waals surface area contributed by atoms with Crippen molar-refractivity contribution in [2.45, 2.75) is 43.8 Å². The lowest BCUT2D eigenvalue weighted by Crippen LogP contribution is -2.59. The van der Waals surface area contributed by atoms with E-state index in [9.17, 15) is 8.78 Å². The standard InChI is InChI=1S/C27H26F4N8O3/c1-16-9-17(3-5-20(16)40-24-10-23-34-14-36-39(23)15-35-24)37-27(42-21-7-8-38(2)12-26(21,30)31)18-11-32-13-33-19(18)4-6-22(27)41-25(28)29/h3-6,9-11,13-15,21-22,25,37H,7-8,12H2,1-2H3/t21?,22?,27-/m0/s1. The summed E-state index contributed by atoms with van der Waals surface area (Å²) in [4.78, 5) is 18.1. The van der Waals surface area contributed by atoms with Crippen molar-refractivity contribution in [1.82, 2.24) is 34.4 Å². The zero-order chi connectivity index (χ0) is 29.5. The maximum atomic E-state index is 15.3. The zero-order valence-corrected chi connectivity index (χ0v) is 22.5. The Morgan fingerprint density at radius 1 is 1.12 bits per heavy atom. The Kier molecular flexibility index (Phi) is 7.24. The number of likely N-dealkylation sites (tertiary alicyclic amines) is 1. The molecule has 0 radical (unpaired) electrons. The third-order valence-electron chi connectivity index (χ3n) is 7.14. The molecular weight excluding hydrogens is 560 g/mol. The normalized spacial score (nSPS) is 23.7. The first-order chi connectivity index (χ1) is 20.1. The van der Waals surface area contributed by atoms with Gasteiger partial charge in [-0.1, -0.05) is 0 Å². The van der Waals surface area contributed by atoms with Gasteiger partial charge in [0.2, 0.25) is 5.88 Å². The molecule has 1 N–H and O–H groups in total. The van der Waals surface area contributed by atoms with Gasteiger partial charge in [-0.15, -0.1) is 0 Å². The largest absolute Gasteiger partial charge is 0.439 e. The van der Waals surface area contributed by atoms with Gasteiger partial charge in [0.25, 0.3) is 5.92 Å². The number of ether oxygens (including phenoxy) is 3. The summed E-state index contributed by atoms with van der Waals surface area (Å²) < 4.78 is 76.5. The number of piperidine rings is 1. The van der Waals surface area contributed by atoms with Crippen LogP contribution in [0.5, 0.6) is 11.6 Å². The summed E-state index contributed by atoms with van der Waals surface area (Å²) in [5.74, 6) is -2.56. The highest BCUT2D eigenvalue weighted by Gasteiger charge is 2.54. The summed E-state index contributed by atoms with van der Waals surface area (Å²) in [6, 6.07) is 6.52. The molecule has 220 valence electrons. The Balaban J connectivity index is 1.37. The quantitative estimate of drug-likeness (QED) is 0.237. The first-order valence-corrected chi connectivity index (χ1v) is 13.0. The Morgan fingerprint density at radius 3 is 2.76 bits per heavy atom. The smallest absolute Gasteiger partial charge is 0.346 e. The van der Waals surface area contributed by atoms with Gasteiger partial charge in [0.05, 0.1) is 17.8 Å². The second-order valence-electron chi connectivity index (χ2n) is 10.1. The molecular formula is C27H26F4N8O3. The molecule has 0 bridgehead atoms. The monoisotopic (exact) mass is 586 g/mol. The second-order valence-corrected chi connectivity index (χ2v) is 10.1. The molecule has 1 fully saturated rings. The first kappa shape index (κ1) is 27.9. The molecule has 15 heteroatoms. The van der Waals surface area contributed by atoms with Crippen LogP contribution >= 0.6 is 0 Å². The summed E-state index contributed by atoms with van der Waals surface area (Å²) in [7, 11) is 1.58. The summed E-state index contributed by atoms with van der Waals surface area (Å²) in [6.45, 7) is -1.69. The zero-order valence-electron chi connectivity index (χ0n) is 22.5. The number of anilines is 1. The number of halogens is 4. The highest BCUT2D eigenvalue weighted by Crippen LogP contribution is 2.44. The third-order valence-corrected chi connectivity index (χ3v) is 7.14. The lowest BCUT2D eigenvalue weighted by molar-refractivity contribution is -0.259. The number of hydrogen-bond acceptors (Lipinski definition) is 10. The number of nitrogens with zero attached hydrogens (tertiary/aromatic N) is 7. The molecule has 0 saturated carbocycles. The number of hydrogen-bond donors (Lipinski definition) is 1. The highest BCUT2D eigenvalue weighted by molar-refractivity contribution is 5.61. The van der Waals surface area contributed by atoms with E-state index in [4.69, 9.17) is 14.2 Å². The fraction of sp³-hybridized carbons (Fsp3) is 0.370. The van der Waals surface area contributed by atoms with E-state index < -0.39 is 37.0 Å². The third kappa shape index (κ3) is 5.37. The lowest BCUT2D eigenvalue weighted by Gasteiger charge is -2.47. The van der Waals surface area contributed by atoms with Crippen LogP contribution in [0.15, 0.2) is 55.5 Å².